The van der Waals surface area contributed by atoms with Crippen molar-refractivity contribution in [2.45, 2.75) is 88.6 Å². The number of hydrogen-bond donors (Lipinski definition) is 2. The van der Waals surface area contributed by atoms with Gasteiger partial charge in [-0.05, 0) is 74.4 Å². The topological polar surface area (TPSA) is 60.0 Å². The summed E-state index contributed by atoms with van der Waals surface area (Å²) >= 11 is 1.71. The standard InChI is InChI=1S/C23H35N5OS/c1-15-25-22-13-24-8-5-23(22)28(15)20-11-18-3-4-19(12-20)27(18)9-6-21(26-16(2)29)17-7-10-30-14-17/h7,10,14,18-24H,3-6,8-9,11-13H2,1-2H3,(H,26,29)/t18?,19?,20?,21-,22?,23?/m0/s1. The van der Waals surface area contributed by atoms with Crippen LogP contribution in [0, 0.1) is 0 Å². The molecule has 0 spiro atoms. The van der Waals surface area contributed by atoms with Gasteiger partial charge in [-0.1, -0.05) is 0 Å². The van der Waals surface area contributed by atoms with Crippen molar-refractivity contribution in [3.05, 3.63) is 22.4 Å². The van der Waals surface area contributed by atoms with Gasteiger partial charge in [-0.2, -0.15) is 11.3 Å². The summed E-state index contributed by atoms with van der Waals surface area (Å²) in [4.78, 5) is 22.2. The molecule has 1 amide bonds. The summed E-state index contributed by atoms with van der Waals surface area (Å²) in [6, 6.07) is 5.37. The van der Waals surface area contributed by atoms with Crippen molar-refractivity contribution >= 4 is 23.1 Å². The molecule has 5 rings (SSSR count). The van der Waals surface area contributed by atoms with E-state index in [1.807, 2.05) is 0 Å². The third-order valence-electron chi connectivity index (χ3n) is 7.75. The first kappa shape index (κ1) is 20.5. The Hall–Kier alpha value is -1.44. The van der Waals surface area contributed by atoms with Crippen molar-refractivity contribution in [1.29, 1.82) is 0 Å². The van der Waals surface area contributed by atoms with Gasteiger partial charge in [-0.15, -0.1) is 0 Å². The summed E-state index contributed by atoms with van der Waals surface area (Å²) in [5, 5.41) is 11.0. The summed E-state index contributed by atoms with van der Waals surface area (Å²) in [6.45, 7) is 7.09. The van der Waals surface area contributed by atoms with E-state index in [1.54, 1.807) is 18.3 Å². The Labute approximate surface area is 184 Å². The van der Waals surface area contributed by atoms with Crippen LogP contribution in [0.25, 0.3) is 0 Å². The van der Waals surface area contributed by atoms with Gasteiger partial charge in [0.25, 0.3) is 0 Å². The molecule has 2 N–H and O–H groups in total. The highest BCUT2D eigenvalue weighted by molar-refractivity contribution is 7.08. The monoisotopic (exact) mass is 429 g/mol. The molecule has 0 aromatic carbocycles. The van der Waals surface area contributed by atoms with Gasteiger partial charge in [0.15, 0.2) is 0 Å². The molecular weight excluding hydrogens is 394 g/mol. The molecule has 4 aliphatic heterocycles. The normalized spacial score (nSPS) is 34.5. The molecule has 164 valence electrons. The Morgan fingerprint density at radius 3 is 2.80 bits per heavy atom. The molecule has 4 unspecified atom stereocenters. The van der Waals surface area contributed by atoms with E-state index in [0.29, 0.717) is 30.2 Å². The van der Waals surface area contributed by atoms with E-state index in [2.05, 4.69) is 44.2 Å². The third kappa shape index (κ3) is 3.92. The Morgan fingerprint density at radius 2 is 2.10 bits per heavy atom. The number of piperidine rings is 2. The number of hydrogen-bond acceptors (Lipinski definition) is 6. The van der Waals surface area contributed by atoms with Crippen LogP contribution in [0.3, 0.4) is 0 Å². The molecule has 2 bridgehead atoms. The molecule has 5 atom stereocenters. The quantitative estimate of drug-likeness (QED) is 0.730. The lowest BCUT2D eigenvalue weighted by atomic mass is 9.91. The Kier molecular flexibility index (Phi) is 5.86. The number of rotatable bonds is 6. The lowest BCUT2D eigenvalue weighted by molar-refractivity contribution is -0.119. The van der Waals surface area contributed by atoms with Gasteiger partial charge in [-0.25, -0.2) is 0 Å². The largest absolute Gasteiger partial charge is 0.352 e. The third-order valence-corrected chi connectivity index (χ3v) is 8.45. The fourth-order valence-corrected chi connectivity index (χ4v) is 7.24. The Bertz CT molecular complexity index is 767. The minimum absolute atomic E-state index is 0.0631. The van der Waals surface area contributed by atoms with Crippen molar-refractivity contribution in [3.63, 3.8) is 0 Å². The fourth-order valence-electron chi connectivity index (χ4n) is 6.52. The highest BCUT2D eigenvalue weighted by atomic mass is 32.1. The average Bonchev–Trinajstić information content (AvgIpc) is 3.41. The van der Waals surface area contributed by atoms with Gasteiger partial charge in [0.05, 0.1) is 24.0 Å². The van der Waals surface area contributed by atoms with Crippen molar-refractivity contribution in [3.8, 4) is 0 Å². The molecule has 1 aromatic heterocycles. The molecule has 4 aliphatic rings. The van der Waals surface area contributed by atoms with Gasteiger partial charge >= 0.3 is 0 Å². The first-order valence-electron chi connectivity index (χ1n) is 11.7. The molecule has 0 saturated carbocycles. The number of aliphatic imine (C=N–C) groups is 1. The second kappa shape index (κ2) is 8.60. The summed E-state index contributed by atoms with van der Waals surface area (Å²) in [5.74, 6) is 1.34. The SMILES string of the molecule is CC(=O)N[C@@H](CCN1C2CCC1CC(N1C(C)=NC3CNCCC31)C2)c1ccsc1. The maximum absolute atomic E-state index is 11.7. The van der Waals surface area contributed by atoms with Crippen LogP contribution in [-0.2, 0) is 4.79 Å². The van der Waals surface area contributed by atoms with E-state index in [-0.39, 0.29) is 11.9 Å². The van der Waals surface area contributed by atoms with Crippen molar-refractivity contribution in [2.24, 2.45) is 4.99 Å². The molecule has 7 heteroatoms. The molecular formula is C23H35N5OS. The zero-order valence-corrected chi connectivity index (χ0v) is 19.0. The van der Waals surface area contributed by atoms with E-state index in [4.69, 9.17) is 4.99 Å². The molecule has 5 heterocycles. The number of nitrogens with one attached hydrogen (secondary N) is 2. The maximum Gasteiger partial charge on any atom is 0.217 e. The zero-order valence-electron chi connectivity index (χ0n) is 18.2. The predicted octanol–water partition coefficient (Wildman–Crippen LogP) is 2.78. The minimum atomic E-state index is 0.0631. The second-order valence-corrected chi connectivity index (χ2v) is 10.3. The number of amides is 1. The van der Waals surface area contributed by atoms with E-state index < -0.39 is 0 Å². The van der Waals surface area contributed by atoms with Crippen molar-refractivity contribution < 1.29 is 4.79 Å². The summed E-state index contributed by atoms with van der Waals surface area (Å²) in [7, 11) is 0. The van der Waals surface area contributed by atoms with Gasteiger partial charge < -0.3 is 15.5 Å². The average molecular weight is 430 g/mol. The Morgan fingerprint density at radius 1 is 1.30 bits per heavy atom. The van der Waals surface area contributed by atoms with E-state index >= 15 is 0 Å². The van der Waals surface area contributed by atoms with Crippen LogP contribution >= 0.6 is 11.3 Å². The first-order valence-corrected chi connectivity index (χ1v) is 12.6. The van der Waals surface area contributed by atoms with Crippen LogP contribution in [0.1, 0.15) is 64.0 Å². The van der Waals surface area contributed by atoms with Gasteiger partial charge in [0.1, 0.15) is 0 Å². The maximum atomic E-state index is 11.7. The predicted molar refractivity (Wildman–Crippen MR) is 122 cm³/mol. The fraction of sp³-hybridized carbons (Fsp3) is 0.739. The van der Waals surface area contributed by atoms with Crippen LogP contribution < -0.4 is 10.6 Å². The molecule has 6 nitrogen and oxygen atoms in total. The highest BCUT2D eigenvalue weighted by Crippen LogP contribution is 2.40. The van der Waals surface area contributed by atoms with E-state index in [9.17, 15) is 4.79 Å². The lowest BCUT2D eigenvalue weighted by Crippen LogP contribution is -2.56. The van der Waals surface area contributed by atoms with Gasteiger partial charge in [0, 0.05) is 38.1 Å². The molecule has 3 fully saturated rings. The number of carbonyl (C=O) groups is 1. The van der Waals surface area contributed by atoms with Gasteiger partial charge in [0.2, 0.25) is 5.91 Å². The highest BCUT2D eigenvalue weighted by Gasteiger charge is 2.46. The summed E-state index contributed by atoms with van der Waals surface area (Å²) in [5.41, 5.74) is 1.25. The van der Waals surface area contributed by atoms with Crippen LogP contribution in [0.15, 0.2) is 21.8 Å². The zero-order chi connectivity index (χ0) is 20.7. The number of amidine groups is 1. The summed E-state index contributed by atoms with van der Waals surface area (Å²) < 4.78 is 0. The van der Waals surface area contributed by atoms with E-state index in [0.717, 1.165) is 26.1 Å². The van der Waals surface area contributed by atoms with Crippen LogP contribution in [0.4, 0.5) is 0 Å². The van der Waals surface area contributed by atoms with E-state index in [1.165, 1.54) is 43.5 Å². The van der Waals surface area contributed by atoms with Crippen LogP contribution in [0.2, 0.25) is 0 Å². The number of nitrogens with zero attached hydrogens (tertiary/aromatic N) is 3. The minimum Gasteiger partial charge on any atom is -0.352 e. The molecule has 0 aliphatic carbocycles. The van der Waals surface area contributed by atoms with Crippen molar-refractivity contribution in [1.82, 2.24) is 20.4 Å². The Balaban J connectivity index is 1.23. The molecule has 3 saturated heterocycles. The number of thiophene rings is 1. The molecule has 0 radical (unpaired) electrons. The number of fused-ring (bicyclic) bond motifs is 3. The molecule has 1 aromatic rings. The van der Waals surface area contributed by atoms with Crippen molar-refractivity contribution in [2.75, 3.05) is 19.6 Å². The lowest BCUT2D eigenvalue weighted by Gasteiger charge is -2.46. The van der Waals surface area contributed by atoms with Crippen LogP contribution in [-0.4, -0.2) is 71.4 Å². The summed E-state index contributed by atoms with van der Waals surface area (Å²) in [6.07, 6.45) is 7.40. The first-order chi connectivity index (χ1) is 14.6. The second-order valence-electron chi connectivity index (χ2n) is 9.56. The van der Waals surface area contributed by atoms with Crippen LogP contribution in [0.5, 0.6) is 0 Å². The smallest absolute Gasteiger partial charge is 0.217 e. The number of carbonyl (C=O) groups excluding carboxylic acids is 1. The molecule has 30 heavy (non-hydrogen) atoms. The van der Waals surface area contributed by atoms with Gasteiger partial charge in [-0.3, -0.25) is 14.7 Å².